The van der Waals surface area contributed by atoms with Crippen LogP contribution in [0.1, 0.15) is 43.1 Å². The third-order valence-corrected chi connectivity index (χ3v) is 4.85. The zero-order chi connectivity index (χ0) is 19.1. The van der Waals surface area contributed by atoms with Crippen LogP contribution in [0.25, 0.3) is 0 Å². The van der Waals surface area contributed by atoms with E-state index in [0.29, 0.717) is 18.7 Å². The van der Waals surface area contributed by atoms with Gasteiger partial charge in [0, 0.05) is 19.5 Å². The van der Waals surface area contributed by atoms with Gasteiger partial charge in [-0.3, -0.25) is 9.69 Å². The van der Waals surface area contributed by atoms with Crippen LogP contribution in [-0.4, -0.2) is 29.6 Å². The Hall–Kier alpha value is -2.66. The molecule has 1 N–H and O–H groups in total. The summed E-state index contributed by atoms with van der Waals surface area (Å²) in [5.41, 5.74) is 3.83. The first-order chi connectivity index (χ1) is 13.2. The molecule has 5 nitrogen and oxygen atoms in total. The summed E-state index contributed by atoms with van der Waals surface area (Å²) >= 11 is 0. The van der Waals surface area contributed by atoms with Crippen LogP contribution in [0.2, 0.25) is 0 Å². The molecule has 1 unspecified atom stereocenters. The molecular formula is C22H27N3O2. The van der Waals surface area contributed by atoms with Gasteiger partial charge in [0.25, 0.3) is 5.91 Å². The first-order valence-electron chi connectivity index (χ1n) is 9.55. The average molecular weight is 365 g/mol. The fourth-order valence-electron chi connectivity index (χ4n) is 3.19. The largest absolute Gasteiger partial charge is 0.387 e. The molecule has 0 spiro atoms. The zero-order valence-corrected chi connectivity index (χ0v) is 16.0. The molecule has 0 saturated heterocycles. The third-order valence-electron chi connectivity index (χ3n) is 4.85. The summed E-state index contributed by atoms with van der Waals surface area (Å²) in [7, 11) is 0. The van der Waals surface area contributed by atoms with Crippen molar-refractivity contribution >= 4 is 11.6 Å². The minimum Gasteiger partial charge on any atom is -0.387 e. The molecule has 142 valence electrons. The standard InChI is InChI=1S/C22H27N3O2/c1-3-25(4-2)16-18-10-8-9-17(13-18)15-23-22(26)20-14-21(27-24-20)19-11-6-5-7-12-19/h5-13,21H,3-4,14-16H2,1-2H3,(H,23,26). The second kappa shape index (κ2) is 9.33. The molecule has 5 heteroatoms. The number of rotatable bonds is 8. The molecular weight excluding hydrogens is 338 g/mol. The van der Waals surface area contributed by atoms with E-state index in [1.165, 1.54) is 5.56 Å². The van der Waals surface area contributed by atoms with Crippen LogP contribution in [-0.2, 0) is 22.7 Å². The highest BCUT2D eigenvalue weighted by molar-refractivity contribution is 6.39. The second-order valence-corrected chi connectivity index (χ2v) is 6.71. The summed E-state index contributed by atoms with van der Waals surface area (Å²) in [5.74, 6) is -0.164. The quantitative estimate of drug-likeness (QED) is 0.777. The van der Waals surface area contributed by atoms with Crippen molar-refractivity contribution in [1.82, 2.24) is 10.2 Å². The monoisotopic (exact) mass is 365 g/mol. The van der Waals surface area contributed by atoms with Crippen LogP contribution in [0.5, 0.6) is 0 Å². The van der Waals surface area contributed by atoms with Crippen LogP contribution in [0, 0.1) is 0 Å². The van der Waals surface area contributed by atoms with E-state index in [0.717, 1.165) is 30.8 Å². The number of hydrogen-bond donors (Lipinski definition) is 1. The molecule has 2 aromatic carbocycles. The van der Waals surface area contributed by atoms with Gasteiger partial charge >= 0.3 is 0 Å². The van der Waals surface area contributed by atoms with Crippen molar-refractivity contribution in [2.24, 2.45) is 5.16 Å². The van der Waals surface area contributed by atoms with Gasteiger partial charge in [-0.05, 0) is 29.8 Å². The van der Waals surface area contributed by atoms with Crippen LogP contribution < -0.4 is 5.32 Å². The average Bonchev–Trinajstić information content (AvgIpc) is 3.21. The van der Waals surface area contributed by atoms with Gasteiger partial charge in [0.15, 0.2) is 6.10 Å². The molecule has 3 rings (SSSR count). The number of benzene rings is 2. The van der Waals surface area contributed by atoms with E-state index in [1.807, 2.05) is 42.5 Å². The number of oxime groups is 1. The zero-order valence-electron chi connectivity index (χ0n) is 16.0. The van der Waals surface area contributed by atoms with Crippen molar-refractivity contribution in [3.63, 3.8) is 0 Å². The van der Waals surface area contributed by atoms with Crippen LogP contribution in [0.3, 0.4) is 0 Å². The van der Waals surface area contributed by atoms with Gasteiger partial charge in [-0.15, -0.1) is 0 Å². The molecule has 27 heavy (non-hydrogen) atoms. The van der Waals surface area contributed by atoms with Crippen molar-refractivity contribution in [3.05, 3.63) is 71.3 Å². The molecule has 0 saturated carbocycles. The lowest BCUT2D eigenvalue weighted by atomic mass is 10.0. The molecule has 0 aromatic heterocycles. The maximum Gasteiger partial charge on any atom is 0.269 e. The highest BCUT2D eigenvalue weighted by Gasteiger charge is 2.27. The topological polar surface area (TPSA) is 53.9 Å². The maximum absolute atomic E-state index is 12.4. The molecule has 2 aromatic rings. The van der Waals surface area contributed by atoms with Gasteiger partial charge < -0.3 is 10.2 Å². The van der Waals surface area contributed by atoms with E-state index in [2.05, 4.69) is 41.4 Å². The minimum absolute atomic E-state index is 0.164. The Morgan fingerprint density at radius 2 is 1.85 bits per heavy atom. The van der Waals surface area contributed by atoms with Crippen LogP contribution in [0.4, 0.5) is 0 Å². The summed E-state index contributed by atoms with van der Waals surface area (Å²) in [6, 6.07) is 18.2. The predicted octanol–water partition coefficient (Wildman–Crippen LogP) is 3.66. The van der Waals surface area contributed by atoms with Crippen molar-refractivity contribution in [3.8, 4) is 0 Å². The number of hydrogen-bond acceptors (Lipinski definition) is 4. The predicted molar refractivity (Wildman–Crippen MR) is 107 cm³/mol. The normalized spacial score (nSPS) is 16.1. The van der Waals surface area contributed by atoms with Gasteiger partial charge in [0.05, 0.1) is 0 Å². The van der Waals surface area contributed by atoms with Crippen molar-refractivity contribution < 1.29 is 9.63 Å². The molecule has 1 aliphatic rings. The number of nitrogens with one attached hydrogen (secondary N) is 1. The Morgan fingerprint density at radius 3 is 2.59 bits per heavy atom. The molecule has 0 aliphatic carbocycles. The van der Waals surface area contributed by atoms with E-state index in [9.17, 15) is 4.79 Å². The Bertz CT molecular complexity index is 785. The first kappa shape index (κ1) is 19.1. The number of nitrogens with zero attached hydrogens (tertiary/aromatic N) is 2. The molecule has 1 aliphatic heterocycles. The SMILES string of the molecule is CCN(CC)Cc1cccc(CNC(=O)C2=NOC(c3ccccc3)C2)c1. The smallest absolute Gasteiger partial charge is 0.269 e. The summed E-state index contributed by atoms with van der Waals surface area (Å²) in [4.78, 5) is 20.2. The Labute approximate surface area is 161 Å². The fourth-order valence-corrected chi connectivity index (χ4v) is 3.19. The highest BCUT2D eigenvalue weighted by atomic mass is 16.6. The minimum atomic E-state index is -0.177. The molecule has 0 radical (unpaired) electrons. The lowest BCUT2D eigenvalue weighted by Crippen LogP contribution is -2.30. The highest BCUT2D eigenvalue weighted by Crippen LogP contribution is 2.26. The molecule has 1 amide bonds. The molecule has 1 atom stereocenters. The van der Waals surface area contributed by atoms with Gasteiger partial charge in [0.1, 0.15) is 5.71 Å². The van der Waals surface area contributed by atoms with Gasteiger partial charge in [-0.25, -0.2) is 0 Å². The van der Waals surface area contributed by atoms with E-state index >= 15 is 0 Å². The maximum atomic E-state index is 12.4. The van der Waals surface area contributed by atoms with E-state index in [1.54, 1.807) is 0 Å². The lowest BCUT2D eigenvalue weighted by Gasteiger charge is -2.18. The van der Waals surface area contributed by atoms with Crippen molar-refractivity contribution in [1.29, 1.82) is 0 Å². The Morgan fingerprint density at radius 1 is 1.11 bits per heavy atom. The first-order valence-corrected chi connectivity index (χ1v) is 9.55. The van der Waals surface area contributed by atoms with Gasteiger partial charge in [0.2, 0.25) is 0 Å². The van der Waals surface area contributed by atoms with Crippen molar-refractivity contribution in [2.45, 2.75) is 39.5 Å². The van der Waals surface area contributed by atoms with E-state index < -0.39 is 0 Å². The number of carbonyl (C=O) groups is 1. The number of carbonyl (C=O) groups excluding carboxylic acids is 1. The fraction of sp³-hybridized carbons (Fsp3) is 0.364. The van der Waals surface area contributed by atoms with E-state index in [-0.39, 0.29) is 12.0 Å². The lowest BCUT2D eigenvalue weighted by molar-refractivity contribution is -0.115. The Kier molecular flexibility index (Phi) is 6.60. The second-order valence-electron chi connectivity index (χ2n) is 6.71. The van der Waals surface area contributed by atoms with Gasteiger partial charge in [-0.1, -0.05) is 73.6 Å². The van der Waals surface area contributed by atoms with Crippen LogP contribution >= 0.6 is 0 Å². The van der Waals surface area contributed by atoms with Crippen molar-refractivity contribution in [2.75, 3.05) is 13.1 Å². The van der Waals surface area contributed by atoms with E-state index in [4.69, 9.17) is 4.84 Å². The summed E-state index contributed by atoms with van der Waals surface area (Å²) in [6.45, 7) is 7.80. The summed E-state index contributed by atoms with van der Waals surface area (Å²) < 4.78 is 0. The van der Waals surface area contributed by atoms with Crippen LogP contribution in [0.15, 0.2) is 59.8 Å². The third kappa shape index (κ3) is 5.17. The molecule has 1 heterocycles. The van der Waals surface area contributed by atoms with Gasteiger partial charge in [-0.2, -0.15) is 0 Å². The Balaban J connectivity index is 1.52. The molecule has 0 bridgehead atoms. The molecule has 0 fully saturated rings. The number of amides is 1. The summed E-state index contributed by atoms with van der Waals surface area (Å²) in [6.07, 6.45) is 0.321. The summed E-state index contributed by atoms with van der Waals surface area (Å²) in [5, 5.41) is 6.94.